The van der Waals surface area contributed by atoms with Crippen molar-refractivity contribution in [2.24, 2.45) is 5.41 Å². The van der Waals surface area contributed by atoms with E-state index in [-0.39, 0.29) is 23.7 Å². The van der Waals surface area contributed by atoms with E-state index in [4.69, 9.17) is 47.1 Å². The van der Waals surface area contributed by atoms with Gasteiger partial charge in [-0.25, -0.2) is 4.98 Å². The largest absolute Gasteiger partial charge is 0.505 e. The van der Waals surface area contributed by atoms with Crippen LogP contribution >= 0.6 is 23.2 Å². The number of para-hydroxylation sites is 1. The third kappa shape index (κ3) is 3.51. The number of nitriles is 2. The predicted octanol–water partition coefficient (Wildman–Crippen LogP) is 4.72. The average Bonchev–Trinajstić information content (AvgIpc) is 3.37. The van der Waals surface area contributed by atoms with Gasteiger partial charge in [0.1, 0.15) is 16.1 Å². The first kappa shape index (κ1) is 28.4. The van der Waals surface area contributed by atoms with E-state index in [1.165, 1.54) is 21.3 Å². The molecule has 0 saturated heterocycles. The number of hydrogen-bond acceptors (Lipinski definition) is 9. The van der Waals surface area contributed by atoms with Crippen LogP contribution in [0.3, 0.4) is 0 Å². The Kier molecular flexibility index (Phi) is 6.71. The van der Waals surface area contributed by atoms with Crippen molar-refractivity contribution in [1.82, 2.24) is 9.55 Å². The third-order valence-electron chi connectivity index (χ3n) is 8.46. The molecule has 2 aromatic heterocycles. The van der Waals surface area contributed by atoms with Crippen LogP contribution in [-0.4, -0.2) is 48.4 Å². The van der Waals surface area contributed by atoms with Crippen LogP contribution in [0, 0.1) is 28.1 Å². The number of aromatic nitrogens is 2. The molecular weight excluding hydrogens is 583 g/mol. The Bertz CT molecular complexity index is 1880. The number of allylic oxidation sites excluding steroid dienone is 1. The Hall–Kier alpha value is -3.74. The highest BCUT2D eigenvalue weighted by Crippen LogP contribution is 2.59. The van der Waals surface area contributed by atoms with Gasteiger partial charge in [0.15, 0.2) is 11.2 Å². The maximum Gasteiger partial charge on any atom is 0.260 e. The summed E-state index contributed by atoms with van der Waals surface area (Å²) in [6.07, 6.45) is -0.136. The SMILES string of the molecule is COC1(CC2(C#N)C(C#N)=C(O)C(Cl)=C(Cl)C2(OC)OC)OCCc2cc3n(c(=O)c21)Cc1cc2ccccc2nc1-3. The molecule has 0 spiro atoms. The van der Waals surface area contributed by atoms with E-state index in [1.807, 2.05) is 42.5 Å². The maximum atomic E-state index is 14.4. The van der Waals surface area contributed by atoms with Gasteiger partial charge < -0.3 is 28.6 Å². The number of ether oxygens (including phenoxy) is 4. The van der Waals surface area contributed by atoms with E-state index < -0.39 is 45.3 Å². The second-order valence-corrected chi connectivity index (χ2v) is 11.0. The monoisotopic (exact) mass is 606 g/mol. The van der Waals surface area contributed by atoms with Gasteiger partial charge in [0.25, 0.3) is 5.56 Å². The number of fused-ring (bicyclic) bond motifs is 5. The summed E-state index contributed by atoms with van der Waals surface area (Å²) in [6.45, 7) is 0.393. The molecule has 0 amide bonds. The molecule has 42 heavy (non-hydrogen) atoms. The van der Waals surface area contributed by atoms with Crippen molar-refractivity contribution in [2.75, 3.05) is 27.9 Å². The first-order chi connectivity index (χ1) is 20.2. The minimum absolute atomic E-state index is 0.123. The van der Waals surface area contributed by atoms with Crippen LogP contribution in [0.4, 0.5) is 0 Å². The summed E-state index contributed by atoms with van der Waals surface area (Å²) in [5.74, 6) is -4.74. The van der Waals surface area contributed by atoms with Gasteiger partial charge in [0.05, 0.1) is 47.3 Å². The van der Waals surface area contributed by atoms with Crippen LogP contribution in [0.5, 0.6) is 0 Å². The molecule has 1 N–H and O–H groups in total. The van der Waals surface area contributed by atoms with Crippen molar-refractivity contribution in [2.45, 2.75) is 31.0 Å². The van der Waals surface area contributed by atoms with Crippen LogP contribution in [0.25, 0.3) is 22.3 Å². The number of pyridine rings is 2. The Morgan fingerprint density at radius 3 is 2.52 bits per heavy atom. The summed E-state index contributed by atoms with van der Waals surface area (Å²) >= 11 is 12.8. The first-order valence-corrected chi connectivity index (χ1v) is 13.7. The zero-order chi connectivity index (χ0) is 30.0. The molecule has 2 atom stereocenters. The molecule has 1 aliphatic carbocycles. The molecule has 12 heteroatoms. The van der Waals surface area contributed by atoms with Crippen molar-refractivity contribution < 1.29 is 24.1 Å². The number of aliphatic hydroxyl groups is 1. The highest BCUT2D eigenvalue weighted by Gasteiger charge is 2.67. The van der Waals surface area contributed by atoms with Crippen LogP contribution in [-0.2, 0) is 37.7 Å². The minimum Gasteiger partial charge on any atom is -0.505 e. The van der Waals surface area contributed by atoms with E-state index in [1.54, 1.807) is 4.57 Å². The number of hydrogen-bond donors (Lipinski definition) is 1. The number of nitrogens with zero attached hydrogens (tertiary/aromatic N) is 4. The first-order valence-electron chi connectivity index (χ1n) is 12.9. The van der Waals surface area contributed by atoms with E-state index >= 15 is 0 Å². The lowest BCUT2D eigenvalue weighted by Crippen LogP contribution is -2.59. The van der Waals surface area contributed by atoms with Crippen molar-refractivity contribution >= 4 is 34.1 Å². The predicted molar refractivity (Wildman–Crippen MR) is 152 cm³/mol. The topological polar surface area (TPSA) is 140 Å². The number of methoxy groups -OCH3 is 3. The number of benzene rings is 1. The van der Waals surface area contributed by atoms with Gasteiger partial charge in [-0.1, -0.05) is 41.4 Å². The Labute approximate surface area is 250 Å². The van der Waals surface area contributed by atoms with E-state index in [9.17, 15) is 20.4 Å². The van der Waals surface area contributed by atoms with E-state index in [0.29, 0.717) is 23.4 Å². The second-order valence-electron chi connectivity index (χ2n) is 10.2. The summed E-state index contributed by atoms with van der Waals surface area (Å²) < 4.78 is 25.1. The molecule has 3 aromatic rings. The van der Waals surface area contributed by atoms with Gasteiger partial charge in [-0.3, -0.25) is 4.79 Å². The Balaban J connectivity index is 1.58. The molecule has 0 fully saturated rings. The highest BCUT2D eigenvalue weighted by molar-refractivity contribution is 6.41. The number of aliphatic hydroxyl groups excluding tert-OH is 1. The summed E-state index contributed by atoms with van der Waals surface area (Å²) in [4.78, 5) is 19.2. The zero-order valence-electron chi connectivity index (χ0n) is 22.8. The zero-order valence-corrected chi connectivity index (χ0v) is 24.3. The molecule has 0 saturated carbocycles. The average molecular weight is 607 g/mol. The fourth-order valence-electron chi connectivity index (χ4n) is 6.49. The smallest absolute Gasteiger partial charge is 0.260 e. The lowest BCUT2D eigenvalue weighted by molar-refractivity contribution is -0.286. The molecule has 0 bridgehead atoms. The molecule has 10 nitrogen and oxygen atoms in total. The van der Waals surface area contributed by atoms with Gasteiger partial charge in [-0.15, -0.1) is 0 Å². The van der Waals surface area contributed by atoms with Gasteiger partial charge in [0, 0.05) is 38.7 Å². The molecule has 6 rings (SSSR count). The minimum atomic E-state index is -2.17. The van der Waals surface area contributed by atoms with Crippen LogP contribution in [0.15, 0.2) is 62.6 Å². The van der Waals surface area contributed by atoms with Crippen molar-refractivity contribution in [3.05, 3.63) is 84.8 Å². The quantitative estimate of drug-likeness (QED) is 0.319. The second kappa shape index (κ2) is 9.92. The molecule has 3 aliphatic rings. The third-order valence-corrected chi connectivity index (χ3v) is 9.37. The van der Waals surface area contributed by atoms with Crippen molar-refractivity contribution in [3.63, 3.8) is 0 Å². The van der Waals surface area contributed by atoms with Crippen LogP contribution in [0.1, 0.15) is 23.1 Å². The molecular formula is C30H24Cl2N4O6. The molecule has 2 aliphatic heterocycles. The standard InChI is InChI=1S/C30H24Cl2N4O6/c1-39-29(14-28(15-34)19(12-33)25(37)23(31)26(32)30(28,40-2)41-3)22-17(8-9-42-29)11-21-24-18(13-36(21)27(22)38)10-16-6-4-5-7-20(16)35-24/h4-7,10-11,37H,8-9,13-14H2,1-3H3. The summed E-state index contributed by atoms with van der Waals surface area (Å²) in [7, 11) is 3.79. The van der Waals surface area contributed by atoms with Gasteiger partial charge >= 0.3 is 0 Å². The van der Waals surface area contributed by atoms with Crippen molar-refractivity contribution in [1.29, 1.82) is 10.5 Å². The van der Waals surface area contributed by atoms with Gasteiger partial charge in [-0.2, -0.15) is 10.5 Å². The maximum absolute atomic E-state index is 14.4. The fourth-order valence-corrected chi connectivity index (χ4v) is 7.12. The molecule has 4 heterocycles. The summed E-state index contributed by atoms with van der Waals surface area (Å²) in [5, 5.41) is 32.0. The lowest BCUT2D eigenvalue weighted by Gasteiger charge is -2.49. The molecule has 0 radical (unpaired) electrons. The summed E-state index contributed by atoms with van der Waals surface area (Å²) in [5.41, 5.74) is 0.826. The highest BCUT2D eigenvalue weighted by atomic mass is 35.5. The Morgan fingerprint density at radius 2 is 1.86 bits per heavy atom. The van der Waals surface area contributed by atoms with Crippen LogP contribution in [0.2, 0.25) is 0 Å². The van der Waals surface area contributed by atoms with Crippen LogP contribution < -0.4 is 5.56 Å². The normalized spacial score (nSPS) is 24.2. The van der Waals surface area contributed by atoms with Gasteiger partial charge in [0.2, 0.25) is 11.6 Å². The van der Waals surface area contributed by atoms with E-state index in [2.05, 4.69) is 6.07 Å². The van der Waals surface area contributed by atoms with E-state index in [0.717, 1.165) is 16.5 Å². The molecule has 1 aromatic carbocycles. The lowest BCUT2D eigenvalue weighted by atomic mass is 9.65. The fraction of sp³-hybridized carbons (Fsp3) is 0.333. The van der Waals surface area contributed by atoms with Gasteiger partial charge in [-0.05, 0) is 30.2 Å². The Morgan fingerprint density at radius 1 is 1.12 bits per heavy atom. The number of halogens is 2. The number of rotatable bonds is 5. The van der Waals surface area contributed by atoms with Crippen molar-refractivity contribution in [3.8, 4) is 23.5 Å². The molecule has 2 unspecified atom stereocenters. The summed E-state index contributed by atoms with van der Waals surface area (Å²) in [6, 6.07) is 15.6. The molecule has 214 valence electrons.